The third kappa shape index (κ3) is 6.36. The number of rotatable bonds is 8. The maximum Gasteiger partial charge on any atom is 0.319 e. The summed E-state index contributed by atoms with van der Waals surface area (Å²) in [7, 11) is -3.69. The smallest absolute Gasteiger partial charge is 0.319 e. The molecule has 0 saturated carbocycles. The molecule has 1 heterocycles. The summed E-state index contributed by atoms with van der Waals surface area (Å²) in [4.78, 5) is 16.0. The number of sulfonamides is 1. The van der Waals surface area contributed by atoms with Crippen LogP contribution in [-0.2, 0) is 23.0 Å². The highest BCUT2D eigenvalue weighted by atomic mass is 32.2. The van der Waals surface area contributed by atoms with Gasteiger partial charge in [0.25, 0.3) is 0 Å². The van der Waals surface area contributed by atoms with Gasteiger partial charge in [0.1, 0.15) is 5.82 Å². The van der Waals surface area contributed by atoms with Gasteiger partial charge in [0, 0.05) is 31.2 Å². The van der Waals surface area contributed by atoms with Crippen molar-refractivity contribution in [3.8, 4) is 0 Å². The molecule has 2 amide bonds. The number of benzene rings is 2. The lowest BCUT2D eigenvalue weighted by atomic mass is 10.1. The molecule has 3 aromatic rings. The van der Waals surface area contributed by atoms with Gasteiger partial charge < -0.3 is 10.6 Å². The van der Waals surface area contributed by atoms with Crippen molar-refractivity contribution in [3.05, 3.63) is 90.0 Å². The molecule has 0 bridgehead atoms. The number of hydrogen-bond donors (Lipinski definition) is 3. The summed E-state index contributed by atoms with van der Waals surface area (Å²) in [6, 6.07) is 15.0. The highest BCUT2D eigenvalue weighted by molar-refractivity contribution is 7.89. The van der Waals surface area contributed by atoms with Crippen LogP contribution in [0.25, 0.3) is 0 Å². The second-order valence-electron chi connectivity index (χ2n) is 6.47. The van der Waals surface area contributed by atoms with E-state index in [2.05, 4.69) is 20.3 Å². The minimum absolute atomic E-state index is 0.0860. The Morgan fingerprint density at radius 3 is 2.37 bits per heavy atom. The molecule has 0 unspecified atom stereocenters. The number of anilines is 1. The molecule has 7 nitrogen and oxygen atoms in total. The van der Waals surface area contributed by atoms with Crippen LogP contribution in [0.5, 0.6) is 0 Å². The second kappa shape index (κ2) is 9.95. The average molecular weight is 428 g/mol. The summed E-state index contributed by atoms with van der Waals surface area (Å²) in [5.41, 5.74) is 2.15. The fourth-order valence-electron chi connectivity index (χ4n) is 2.64. The van der Waals surface area contributed by atoms with Crippen molar-refractivity contribution in [1.29, 1.82) is 0 Å². The van der Waals surface area contributed by atoms with Crippen molar-refractivity contribution in [3.63, 3.8) is 0 Å². The van der Waals surface area contributed by atoms with E-state index in [1.54, 1.807) is 30.6 Å². The van der Waals surface area contributed by atoms with Crippen molar-refractivity contribution in [2.24, 2.45) is 0 Å². The Bertz CT molecular complexity index is 1070. The summed E-state index contributed by atoms with van der Waals surface area (Å²) < 4.78 is 40.2. The van der Waals surface area contributed by atoms with Crippen LogP contribution in [0.15, 0.2) is 78.0 Å². The number of urea groups is 1. The lowest BCUT2D eigenvalue weighted by Gasteiger charge is -2.10. The summed E-state index contributed by atoms with van der Waals surface area (Å²) in [6.07, 6.45) is 3.75. The summed E-state index contributed by atoms with van der Waals surface area (Å²) >= 11 is 0. The number of carbonyl (C=O) groups excluding carboxylic acids is 1. The van der Waals surface area contributed by atoms with Gasteiger partial charge in [-0.05, 0) is 60.0 Å². The van der Waals surface area contributed by atoms with Crippen LogP contribution < -0.4 is 15.4 Å². The first-order chi connectivity index (χ1) is 14.4. The zero-order chi connectivity index (χ0) is 21.4. The van der Waals surface area contributed by atoms with Gasteiger partial charge in [-0.2, -0.15) is 0 Å². The largest absolute Gasteiger partial charge is 0.334 e. The second-order valence-corrected chi connectivity index (χ2v) is 8.23. The maximum atomic E-state index is 12.9. The highest BCUT2D eigenvalue weighted by Crippen LogP contribution is 2.14. The first-order valence-corrected chi connectivity index (χ1v) is 10.7. The van der Waals surface area contributed by atoms with Gasteiger partial charge in [0.2, 0.25) is 10.0 Å². The van der Waals surface area contributed by atoms with Crippen LogP contribution in [0.4, 0.5) is 14.9 Å². The van der Waals surface area contributed by atoms with Crippen molar-refractivity contribution in [2.45, 2.75) is 17.9 Å². The summed E-state index contributed by atoms with van der Waals surface area (Å²) in [6.45, 7) is 0.509. The topological polar surface area (TPSA) is 100 Å². The van der Waals surface area contributed by atoms with Crippen molar-refractivity contribution in [2.75, 3.05) is 11.9 Å². The Morgan fingerprint density at radius 2 is 1.70 bits per heavy atom. The van der Waals surface area contributed by atoms with E-state index in [1.807, 2.05) is 6.07 Å². The predicted molar refractivity (Wildman–Crippen MR) is 112 cm³/mol. The molecule has 9 heteroatoms. The number of amides is 2. The van der Waals surface area contributed by atoms with Crippen LogP contribution in [0, 0.1) is 5.82 Å². The molecule has 0 aliphatic heterocycles. The average Bonchev–Trinajstić information content (AvgIpc) is 2.75. The van der Waals surface area contributed by atoms with Crippen LogP contribution in [-0.4, -0.2) is 26.0 Å². The third-order valence-corrected chi connectivity index (χ3v) is 5.69. The Hall–Kier alpha value is -3.30. The molecule has 3 rings (SSSR count). The molecule has 156 valence electrons. The monoisotopic (exact) mass is 428 g/mol. The zero-order valence-electron chi connectivity index (χ0n) is 16.0. The van der Waals surface area contributed by atoms with Crippen molar-refractivity contribution in [1.82, 2.24) is 15.0 Å². The van der Waals surface area contributed by atoms with E-state index in [4.69, 9.17) is 0 Å². The quantitative estimate of drug-likeness (QED) is 0.513. The van der Waals surface area contributed by atoms with Gasteiger partial charge in [0.05, 0.1) is 4.90 Å². The van der Waals surface area contributed by atoms with Gasteiger partial charge in [-0.1, -0.05) is 18.2 Å². The Morgan fingerprint density at radius 1 is 0.967 bits per heavy atom. The molecule has 0 saturated heterocycles. The molecule has 1 aromatic heterocycles. The third-order valence-electron chi connectivity index (χ3n) is 4.22. The summed E-state index contributed by atoms with van der Waals surface area (Å²) in [5, 5.41) is 5.34. The molecule has 0 radical (unpaired) electrons. The molecule has 0 spiro atoms. The minimum atomic E-state index is -3.69. The van der Waals surface area contributed by atoms with Crippen LogP contribution in [0.3, 0.4) is 0 Å². The molecule has 0 fully saturated rings. The molecule has 0 aliphatic rings. The fraction of sp³-hybridized carbons (Fsp3) is 0.143. The van der Waals surface area contributed by atoms with Gasteiger partial charge in [-0.15, -0.1) is 0 Å². The van der Waals surface area contributed by atoms with E-state index >= 15 is 0 Å². The number of aromatic nitrogens is 1. The SMILES string of the molecule is O=C(NCc1cccnc1)Nc1ccc(S(=O)(=O)NCCc2ccc(F)cc2)cc1. The lowest BCUT2D eigenvalue weighted by Crippen LogP contribution is -2.28. The highest BCUT2D eigenvalue weighted by Gasteiger charge is 2.13. The van der Waals surface area contributed by atoms with Crippen molar-refractivity contribution >= 4 is 21.7 Å². The van der Waals surface area contributed by atoms with E-state index in [0.29, 0.717) is 18.7 Å². The predicted octanol–water partition coefficient (Wildman–Crippen LogP) is 3.06. The number of nitrogens with zero attached hydrogens (tertiary/aromatic N) is 1. The number of halogens is 1. The number of nitrogens with one attached hydrogen (secondary N) is 3. The Labute approximate surface area is 174 Å². The molecule has 0 aliphatic carbocycles. The maximum absolute atomic E-state index is 12.9. The van der Waals surface area contributed by atoms with Crippen LogP contribution in [0.2, 0.25) is 0 Å². The van der Waals surface area contributed by atoms with Gasteiger partial charge in [0.15, 0.2) is 0 Å². The first kappa shape index (κ1) is 21.4. The fourth-order valence-corrected chi connectivity index (χ4v) is 3.67. The minimum Gasteiger partial charge on any atom is -0.334 e. The van der Waals surface area contributed by atoms with Crippen molar-refractivity contribution < 1.29 is 17.6 Å². The van der Waals surface area contributed by atoms with E-state index in [-0.39, 0.29) is 17.3 Å². The molecule has 2 aromatic carbocycles. The lowest BCUT2D eigenvalue weighted by molar-refractivity contribution is 0.251. The Kier molecular flexibility index (Phi) is 7.10. The van der Waals surface area contributed by atoms with Gasteiger partial charge >= 0.3 is 6.03 Å². The van der Waals surface area contributed by atoms with Gasteiger partial charge in [-0.3, -0.25) is 4.98 Å². The zero-order valence-corrected chi connectivity index (χ0v) is 16.8. The molecule has 3 N–H and O–H groups in total. The number of hydrogen-bond acceptors (Lipinski definition) is 4. The molecule has 30 heavy (non-hydrogen) atoms. The van der Waals surface area contributed by atoms with E-state index in [0.717, 1.165) is 11.1 Å². The number of pyridine rings is 1. The van der Waals surface area contributed by atoms with Gasteiger partial charge in [-0.25, -0.2) is 22.3 Å². The van der Waals surface area contributed by atoms with E-state index in [9.17, 15) is 17.6 Å². The van der Waals surface area contributed by atoms with Crippen LogP contribution >= 0.6 is 0 Å². The van der Waals surface area contributed by atoms with E-state index in [1.165, 1.54) is 36.4 Å². The standard InChI is InChI=1S/C21H21FN4O3S/c22-18-5-3-16(4-6-18)11-13-25-30(28,29)20-9-7-19(8-10-20)26-21(27)24-15-17-2-1-12-23-14-17/h1-10,12,14,25H,11,13,15H2,(H2,24,26,27). The normalized spacial score (nSPS) is 11.1. The first-order valence-electron chi connectivity index (χ1n) is 9.20. The summed E-state index contributed by atoms with van der Waals surface area (Å²) in [5.74, 6) is -0.334. The Balaban J connectivity index is 1.49. The molecular weight excluding hydrogens is 407 g/mol. The molecular formula is C21H21FN4O3S. The number of carbonyl (C=O) groups is 1. The van der Waals surface area contributed by atoms with E-state index < -0.39 is 16.1 Å². The molecule has 0 atom stereocenters. The van der Waals surface area contributed by atoms with Crippen LogP contribution in [0.1, 0.15) is 11.1 Å².